The highest BCUT2D eigenvalue weighted by Crippen LogP contribution is 2.19. The van der Waals surface area contributed by atoms with Crippen molar-refractivity contribution >= 4 is 11.8 Å². The zero-order valence-electron chi connectivity index (χ0n) is 8.48. The van der Waals surface area contributed by atoms with Crippen LogP contribution in [-0.4, -0.2) is 37.0 Å². The topological polar surface area (TPSA) is 3.24 Å². The van der Waals surface area contributed by atoms with Crippen LogP contribution in [0, 0.1) is 5.41 Å². The molecule has 0 aromatic carbocycles. The minimum atomic E-state index is 0.483. The van der Waals surface area contributed by atoms with E-state index in [2.05, 4.69) is 39.8 Å². The molecule has 0 fully saturated rings. The minimum Gasteiger partial charge on any atom is -0.309 e. The van der Waals surface area contributed by atoms with Crippen molar-refractivity contribution < 1.29 is 0 Å². The number of thioether (sulfide) groups is 1. The summed E-state index contributed by atoms with van der Waals surface area (Å²) >= 11 is 2.05. The molecule has 68 valence electrons. The monoisotopic (exact) mass is 175 g/mol. The van der Waals surface area contributed by atoms with Gasteiger partial charge in [0.05, 0.1) is 0 Å². The SMILES string of the molecule is CN(C)CCSCC(C)(C)C. The lowest BCUT2D eigenvalue weighted by Crippen LogP contribution is -2.16. The molecule has 0 heterocycles. The Morgan fingerprint density at radius 1 is 1.18 bits per heavy atom. The van der Waals surface area contributed by atoms with Gasteiger partial charge in [-0.2, -0.15) is 11.8 Å². The Morgan fingerprint density at radius 2 is 1.73 bits per heavy atom. The first-order valence-electron chi connectivity index (χ1n) is 4.14. The van der Waals surface area contributed by atoms with Crippen molar-refractivity contribution in [1.82, 2.24) is 4.90 Å². The third kappa shape index (κ3) is 10.3. The summed E-state index contributed by atoms with van der Waals surface area (Å²) in [4.78, 5) is 2.23. The summed E-state index contributed by atoms with van der Waals surface area (Å²) in [7, 11) is 4.25. The molecule has 0 atom stereocenters. The summed E-state index contributed by atoms with van der Waals surface area (Å²) in [5.41, 5.74) is 0.483. The molecule has 0 rings (SSSR count). The average Bonchev–Trinajstić information content (AvgIpc) is 1.78. The van der Waals surface area contributed by atoms with Crippen LogP contribution in [0.2, 0.25) is 0 Å². The van der Waals surface area contributed by atoms with Gasteiger partial charge >= 0.3 is 0 Å². The Morgan fingerprint density at radius 3 is 2.09 bits per heavy atom. The number of hydrogen-bond donors (Lipinski definition) is 0. The van der Waals surface area contributed by atoms with Gasteiger partial charge in [0.1, 0.15) is 0 Å². The van der Waals surface area contributed by atoms with Crippen molar-refractivity contribution in [1.29, 1.82) is 0 Å². The fraction of sp³-hybridized carbons (Fsp3) is 1.00. The summed E-state index contributed by atoms with van der Waals surface area (Å²) < 4.78 is 0. The second-order valence-electron chi connectivity index (χ2n) is 4.42. The standard InChI is InChI=1S/C9H21NS/c1-9(2,3)8-11-7-6-10(4)5/h6-8H2,1-5H3. The Kier molecular flexibility index (Phi) is 5.19. The number of hydrogen-bond acceptors (Lipinski definition) is 2. The van der Waals surface area contributed by atoms with Crippen LogP contribution in [0.15, 0.2) is 0 Å². The van der Waals surface area contributed by atoms with Crippen LogP contribution < -0.4 is 0 Å². The van der Waals surface area contributed by atoms with E-state index in [1.807, 2.05) is 11.8 Å². The van der Waals surface area contributed by atoms with Gasteiger partial charge in [-0.3, -0.25) is 0 Å². The Balaban J connectivity index is 3.15. The van der Waals surface area contributed by atoms with E-state index in [4.69, 9.17) is 0 Å². The van der Waals surface area contributed by atoms with Crippen LogP contribution in [0.1, 0.15) is 20.8 Å². The number of rotatable bonds is 4. The van der Waals surface area contributed by atoms with E-state index in [1.165, 1.54) is 18.1 Å². The molecule has 0 aliphatic heterocycles. The molecule has 0 saturated carbocycles. The van der Waals surface area contributed by atoms with Crippen LogP contribution >= 0.6 is 11.8 Å². The van der Waals surface area contributed by atoms with Gasteiger partial charge in [-0.25, -0.2) is 0 Å². The van der Waals surface area contributed by atoms with Gasteiger partial charge in [-0.15, -0.1) is 0 Å². The first-order chi connectivity index (χ1) is 4.92. The average molecular weight is 175 g/mol. The minimum absolute atomic E-state index is 0.483. The van der Waals surface area contributed by atoms with Gasteiger partial charge in [0.25, 0.3) is 0 Å². The molecule has 0 spiro atoms. The van der Waals surface area contributed by atoms with Crippen LogP contribution in [0.25, 0.3) is 0 Å². The largest absolute Gasteiger partial charge is 0.309 e. The maximum Gasteiger partial charge on any atom is 0.00662 e. The Hall–Kier alpha value is 0.310. The lowest BCUT2D eigenvalue weighted by molar-refractivity contribution is 0.436. The molecule has 11 heavy (non-hydrogen) atoms. The second kappa shape index (κ2) is 5.04. The molecule has 0 N–H and O–H groups in total. The van der Waals surface area contributed by atoms with E-state index < -0.39 is 0 Å². The quantitative estimate of drug-likeness (QED) is 0.603. The predicted molar refractivity (Wildman–Crippen MR) is 55.3 cm³/mol. The summed E-state index contributed by atoms with van der Waals surface area (Å²) in [6.07, 6.45) is 0. The molecule has 0 unspecified atom stereocenters. The maximum atomic E-state index is 2.29. The van der Waals surface area contributed by atoms with Crippen LogP contribution in [0.5, 0.6) is 0 Å². The fourth-order valence-corrected chi connectivity index (χ4v) is 1.88. The highest BCUT2D eigenvalue weighted by atomic mass is 32.2. The van der Waals surface area contributed by atoms with Crippen molar-refractivity contribution in [3.05, 3.63) is 0 Å². The van der Waals surface area contributed by atoms with Gasteiger partial charge in [-0.1, -0.05) is 20.8 Å². The molecule has 0 saturated heterocycles. The third-order valence-corrected chi connectivity index (χ3v) is 2.76. The van der Waals surface area contributed by atoms with Crippen molar-refractivity contribution in [2.24, 2.45) is 5.41 Å². The molecule has 2 heteroatoms. The molecule has 0 radical (unpaired) electrons. The zero-order chi connectivity index (χ0) is 8.91. The lowest BCUT2D eigenvalue weighted by Gasteiger charge is -2.18. The van der Waals surface area contributed by atoms with E-state index in [-0.39, 0.29) is 0 Å². The molecule has 0 amide bonds. The van der Waals surface area contributed by atoms with Crippen LogP contribution in [-0.2, 0) is 0 Å². The molecule has 0 aliphatic carbocycles. The Labute approximate surface area is 75.5 Å². The van der Waals surface area contributed by atoms with Crippen molar-refractivity contribution in [2.45, 2.75) is 20.8 Å². The number of nitrogens with zero attached hydrogens (tertiary/aromatic N) is 1. The van der Waals surface area contributed by atoms with E-state index in [1.54, 1.807) is 0 Å². The first kappa shape index (κ1) is 11.3. The second-order valence-corrected chi connectivity index (χ2v) is 5.52. The highest BCUT2D eigenvalue weighted by Gasteiger charge is 2.08. The highest BCUT2D eigenvalue weighted by molar-refractivity contribution is 7.99. The van der Waals surface area contributed by atoms with E-state index >= 15 is 0 Å². The summed E-state index contributed by atoms with van der Waals surface area (Å²) in [6, 6.07) is 0. The van der Waals surface area contributed by atoms with Gasteiger partial charge < -0.3 is 4.90 Å². The maximum absolute atomic E-state index is 2.29. The van der Waals surface area contributed by atoms with Crippen molar-refractivity contribution in [3.63, 3.8) is 0 Å². The fourth-order valence-electron chi connectivity index (χ4n) is 0.625. The molecular weight excluding hydrogens is 154 g/mol. The van der Waals surface area contributed by atoms with Gasteiger partial charge in [0.15, 0.2) is 0 Å². The van der Waals surface area contributed by atoms with Crippen LogP contribution in [0.4, 0.5) is 0 Å². The predicted octanol–water partition coefficient (Wildman–Crippen LogP) is 2.33. The first-order valence-corrected chi connectivity index (χ1v) is 5.30. The van der Waals surface area contributed by atoms with Gasteiger partial charge in [-0.05, 0) is 25.3 Å². The lowest BCUT2D eigenvalue weighted by atomic mass is 10.0. The Bertz CT molecular complexity index is 94.2. The van der Waals surface area contributed by atoms with Gasteiger partial charge in [0.2, 0.25) is 0 Å². The molecule has 0 aromatic rings. The molecule has 1 nitrogen and oxygen atoms in total. The van der Waals surface area contributed by atoms with E-state index in [0.29, 0.717) is 5.41 Å². The van der Waals surface area contributed by atoms with Crippen molar-refractivity contribution in [3.8, 4) is 0 Å². The zero-order valence-corrected chi connectivity index (χ0v) is 9.29. The third-order valence-electron chi connectivity index (χ3n) is 1.22. The van der Waals surface area contributed by atoms with Crippen molar-refractivity contribution in [2.75, 3.05) is 32.1 Å². The molecule has 0 aliphatic rings. The van der Waals surface area contributed by atoms with E-state index in [0.717, 1.165) is 0 Å². The summed E-state index contributed by atoms with van der Waals surface area (Å²) in [5, 5.41) is 0. The van der Waals surface area contributed by atoms with E-state index in [9.17, 15) is 0 Å². The normalized spacial score (nSPS) is 12.5. The molecular formula is C9H21NS. The summed E-state index contributed by atoms with van der Waals surface area (Å²) in [5.74, 6) is 2.52. The smallest absolute Gasteiger partial charge is 0.00662 e. The summed E-state index contributed by atoms with van der Waals surface area (Å²) in [6.45, 7) is 8.06. The molecule has 0 bridgehead atoms. The molecule has 0 aromatic heterocycles. The van der Waals surface area contributed by atoms with Crippen LogP contribution in [0.3, 0.4) is 0 Å². The van der Waals surface area contributed by atoms with Gasteiger partial charge in [0, 0.05) is 12.3 Å².